The summed E-state index contributed by atoms with van der Waals surface area (Å²) < 4.78 is 0. The van der Waals surface area contributed by atoms with Gasteiger partial charge in [-0.25, -0.2) is 0 Å². The van der Waals surface area contributed by atoms with Crippen LogP contribution < -0.4 is 11.1 Å². The SMILES string of the molecule is Cc1cc(C(N)c2ccccc2)cc2c1NC(=O)C2. The molecule has 3 nitrogen and oxygen atoms in total. The highest BCUT2D eigenvalue weighted by molar-refractivity contribution is 6.00. The third-order valence-corrected chi connectivity index (χ3v) is 3.57. The predicted molar refractivity (Wildman–Crippen MR) is 76.0 cm³/mol. The molecular weight excluding hydrogens is 236 g/mol. The molecule has 0 saturated carbocycles. The molecule has 3 N–H and O–H groups in total. The van der Waals surface area contributed by atoms with Gasteiger partial charge in [-0.2, -0.15) is 0 Å². The van der Waals surface area contributed by atoms with Crippen LogP contribution in [0, 0.1) is 6.92 Å². The van der Waals surface area contributed by atoms with Crippen molar-refractivity contribution in [3.8, 4) is 0 Å². The van der Waals surface area contributed by atoms with E-state index in [9.17, 15) is 4.79 Å². The molecule has 1 atom stereocenters. The number of fused-ring (bicyclic) bond motifs is 1. The zero-order chi connectivity index (χ0) is 13.4. The Bertz CT molecular complexity index is 635. The minimum Gasteiger partial charge on any atom is -0.325 e. The Balaban J connectivity index is 2.01. The molecule has 0 aromatic heterocycles. The van der Waals surface area contributed by atoms with E-state index in [1.54, 1.807) is 0 Å². The Hall–Kier alpha value is -2.13. The Morgan fingerprint density at radius 2 is 1.89 bits per heavy atom. The molecule has 0 bridgehead atoms. The number of hydrogen-bond donors (Lipinski definition) is 2. The maximum atomic E-state index is 11.5. The van der Waals surface area contributed by atoms with E-state index in [0.29, 0.717) is 6.42 Å². The highest BCUT2D eigenvalue weighted by Gasteiger charge is 2.21. The number of amides is 1. The van der Waals surface area contributed by atoms with Crippen LogP contribution in [-0.4, -0.2) is 5.91 Å². The minimum atomic E-state index is -0.152. The number of carbonyl (C=O) groups is 1. The first-order chi connectivity index (χ1) is 9.15. The molecule has 3 rings (SSSR count). The van der Waals surface area contributed by atoms with Crippen LogP contribution in [0.2, 0.25) is 0 Å². The van der Waals surface area contributed by atoms with Gasteiger partial charge in [0.1, 0.15) is 0 Å². The molecule has 1 heterocycles. The van der Waals surface area contributed by atoms with Gasteiger partial charge in [0.15, 0.2) is 0 Å². The maximum absolute atomic E-state index is 11.5. The van der Waals surface area contributed by atoms with Crippen molar-refractivity contribution in [2.24, 2.45) is 5.73 Å². The van der Waals surface area contributed by atoms with Crippen LogP contribution in [0.5, 0.6) is 0 Å². The maximum Gasteiger partial charge on any atom is 0.228 e. The van der Waals surface area contributed by atoms with Gasteiger partial charge >= 0.3 is 0 Å². The molecule has 19 heavy (non-hydrogen) atoms. The normalized spacial score (nSPS) is 14.9. The summed E-state index contributed by atoms with van der Waals surface area (Å²) in [5.41, 5.74) is 11.5. The first-order valence-corrected chi connectivity index (χ1v) is 6.39. The van der Waals surface area contributed by atoms with E-state index in [-0.39, 0.29) is 11.9 Å². The van der Waals surface area contributed by atoms with E-state index in [4.69, 9.17) is 5.73 Å². The van der Waals surface area contributed by atoms with E-state index < -0.39 is 0 Å². The van der Waals surface area contributed by atoms with Crippen LogP contribution in [0.4, 0.5) is 5.69 Å². The van der Waals surface area contributed by atoms with Gasteiger partial charge in [-0.05, 0) is 29.2 Å². The fraction of sp³-hybridized carbons (Fsp3) is 0.188. The third kappa shape index (κ3) is 2.13. The summed E-state index contributed by atoms with van der Waals surface area (Å²) in [6.45, 7) is 2.01. The zero-order valence-electron chi connectivity index (χ0n) is 10.8. The number of rotatable bonds is 2. The standard InChI is InChI=1S/C16H16N2O/c1-10-7-12(8-13-9-14(19)18-16(10)13)15(17)11-5-3-2-4-6-11/h2-8,15H,9,17H2,1H3,(H,18,19). The third-order valence-electron chi connectivity index (χ3n) is 3.57. The number of carbonyl (C=O) groups excluding carboxylic acids is 1. The van der Waals surface area contributed by atoms with Gasteiger partial charge in [0.2, 0.25) is 5.91 Å². The Kier molecular flexibility index (Phi) is 2.84. The molecule has 0 fully saturated rings. The number of aryl methyl sites for hydroxylation is 1. The van der Waals surface area contributed by atoms with Gasteiger partial charge in [0.05, 0.1) is 12.5 Å². The molecule has 1 aliphatic heterocycles. The lowest BCUT2D eigenvalue weighted by Gasteiger charge is -2.15. The Morgan fingerprint density at radius 3 is 2.63 bits per heavy atom. The molecule has 2 aromatic carbocycles. The summed E-state index contributed by atoms with van der Waals surface area (Å²) in [6, 6.07) is 13.9. The average Bonchev–Trinajstić information content (AvgIpc) is 2.80. The molecular formula is C16H16N2O. The fourth-order valence-electron chi connectivity index (χ4n) is 2.60. The summed E-state index contributed by atoms with van der Waals surface area (Å²) in [6.07, 6.45) is 0.450. The van der Waals surface area contributed by atoms with Gasteiger partial charge in [-0.1, -0.05) is 42.5 Å². The van der Waals surface area contributed by atoms with Crippen LogP contribution in [0.15, 0.2) is 42.5 Å². The largest absolute Gasteiger partial charge is 0.325 e. The number of nitrogens with one attached hydrogen (secondary N) is 1. The molecule has 2 aromatic rings. The van der Waals surface area contributed by atoms with E-state index in [2.05, 4.69) is 11.4 Å². The highest BCUT2D eigenvalue weighted by atomic mass is 16.1. The second-order valence-corrected chi connectivity index (χ2v) is 4.99. The van der Waals surface area contributed by atoms with Crippen LogP contribution in [-0.2, 0) is 11.2 Å². The number of nitrogens with two attached hydrogens (primary N) is 1. The van der Waals surface area contributed by atoms with Gasteiger partial charge in [0.25, 0.3) is 0 Å². The molecule has 0 saturated heterocycles. The molecule has 3 heteroatoms. The smallest absolute Gasteiger partial charge is 0.228 e. The van der Waals surface area contributed by atoms with Crippen molar-refractivity contribution in [3.63, 3.8) is 0 Å². The van der Waals surface area contributed by atoms with Crippen LogP contribution in [0.3, 0.4) is 0 Å². The summed E-state index contributed by atoms with van der Waals surface area (Å²) >= 11 is 0. The van der Waals surface area contributed by atoms with Crippen molar-refractivity contribution in [3.05, 3.63) is 64.7 Å². The molecule has 1 aliphatic rings. The second kappa shape index (κ2) is 4.52. The topological polar surface area (TPSA) is 55.1 Å². The monoisotopic (exact) mass is 252 g/mol. The quantitative estimate of drug-likeness (QED) is 0.863. The molecule has 1 unspecified atom stereocenters. The molecule has 0 spiro atoms. The Labute approximate surface area is 112 Å². The second-order valence-electron chi connectivity index (χ2n) is 4.99. The minimum absolute atomic E-state index is 0.0588. The van der Waals surface area contributed by atoms with E-state index in [1.807, 2.05) is 43.3 Å². The average molecular weight is 252 g/mol. The Morgan fingerprint density at radius 1 is 1.16 bits per heavy atom. The predicted octanol–water partition coefficient (Wildman–Crippen LogP) is 2.54. The first kappa shape index (κ1) is 11.9. The molecule has 0 radical (unpaired) electrons. The number of anilines is 1. The van der Waals surface area contributed by atoms with Crippen molar-refractivity contribution >= 4 is 11.6 Å². The summed E-state index contributed by atoms with van der Waals surface area (Å²) in [7, 11) is 0. The van der Waals surface area contributed by atoms with Crippen LogP contribution in [0.1, 0.15) is 28.3 Å². The van der Waals surface area contributed by atoms with E-state index in [0.717, 1.165) is 27.9 Å². The van der Waals surface area contributed by atoms with E-state index in [1.165, 1.54) is 0 Å². The van der Waals surface area contributed by atoms with Crippen molar-refractivity contribution in [2.45, 2.75) is 19.4 Å². The first-order valence-electron chi connectivity index (χ1n) is 6.39. The van der Waals surface area contributed by atoms with E-state index >= 15 is 0 Å². The lowest BCUT2D eigenvalue weighted by molar-refractivity contribution is -0.115. The summed E-state index contributed by atoms with van der Waals surface area (Å²) in [5, 5.41) is 2.89. The molecule has 1 amide bonds. The van der Waals surface area contributed by atoms with Gasteiger partial charge < -0.3 is 11.1 Å². The lowest BCUT2D eigenvalue weighted by atomic mass is 9.95. The van der Waals surface area contributed by atoms with Crippen LogP contribution >= 0.6 is 0 Å². The molecule has 0 aliphatic carbocycles. The summed E-state index contributed by atoms with van der Waals surface area (Å²) in [4.78, 5) is 11.5. The number of benzene rings is 2. The van der Waals surface area contributed by atoms with Crippen molar-refractivity contribution in [1.29, 1.82) is 0 Å². The lowest BCUT2D eigenvalue weighted by Crippen LogP contribution is -2.12. The van der Waals surface area contributed by atoms with Crippen molar-refractivity contribution in [2.75, 3.05) is 5.32 Å². The highest BCUT2D eigenvalue weighted by Crippen LogP contribution is 2.31. The fourth-order valence-corrected chi connectivity index (χ4v) is 2.60. The van der Waals surface area contributed by atoms with Crippen molar-refractivity contribution < 1.29 is 4.79 Å². The van der Waals surface area contributed by atoms with Crippen LogP contribution in [0.25, 0.3) is 0 Å². The van der Waals surface area contributed by atoms with Gasteiger partial charge in [-0.15, -0.1) is 0 Å². The van der Waals surface area contributed by atoms with Gasteiger partial charge in [-0.3, -0.25) is 4.79 Å². The molecule has 96 valence electrons. The van der Waals surface area contributed by atoms with Gasteiger partial charge in [0, 0.05) is 5.69 Å². The van der Waals surface area contributed by atoms with Crippen molar-refractivity contribution in [1.82, 2.24) is 0 Å². The number of hydrogen-bond acceptors (Lipinski definition) is 2. The zero-order valence-corrected chi connectivity index (χ0v) is 10.8. The summed E-state index contributed by atoms with van der Waals surface area (Å²) in [5.74, 6) is 0.0588.